The fraction of sp³-hybridized carbons (Fsp3) is 0.100. The standard InChI is InChI=1S/C40H14F12N2O4/c41-37(42,43)15-1-11-27(25(13-15)39(47,48)49)53-33(55)21-7-3-17-19-5-9-23-32-24(10-6-20(30(19)32)18-4-8-22(34(53)56)31(21)29(17)18)36(58)54(35(23)57)28-12-2-16(38(44,45)46)14-26(28)40(50,51)52/h1-14H. The second kappa shape index (κ2) is 11.4. The van der Waals surface area contributed by atoms with Gasteiger partial charge in [0.1, 0.15) is 0 Å². The van der Waals surface area contributed by atoms with Crippen molar-refractivity contribution in [3.63, 3.8) is 0 Å². The molecule has 0 saturated carbocycles. The van der Waals surface area contributed by atoms with E-state index in [9.17, 15) is 71.9 Å². The highest BCUT2D eigenvalue weighted by Gasteiger charge is 2.46. The highest BCUT2D eigenvalue weighted by molar-refractivity contribution is 6.45. The van der Waals surface area contributed by atoms with Crippen LogP contribution in [0.15, 0.2) is 84.9 Å². The second-order valence-electron chi connectivity index (χ2n) is 13.5. The molecule has 18 heteroatoms. The van der Waals surface area contributed by atoms with Crippen LogP contribution >= 0.6 is 0 Å². The number of hydrogen-bond acceptors (Lipinski definition) is 4. The predicted octanol–water partition coefficient (Wildman–Crippen LogP) is 11.4. The monoisotopic (exact) mass is 814 g/mol. The molecule has 4 amide bonds. The quantitative estimate of drug-likeness (QED) is 0.0754. The van der Waals surface area contributed by atoms with Gasteiger partial charge in [0.15, 0.2) is 0 Å². The number of anilines is 2. The van der Waals surface area contributed by atoms with Gasteiger partial charge in [-0.25, -0.2) is 9.80 Å². The first-order valence-corrected chi connectivity index (χ1v) is 16.5. The van der Waals surface area contributed by atoms with Gasteiger partial charge in [-0.2, -0.15) is 52.7 Å². The average Bonchev–Trinajstić information content (AvgIpc) is 3.14. The van der Waals surface area contributed by atoms with E-state index >= 15 is 0 Å². The van der Waals surface area contributed by atoms with Crippen LogP contribution in [0.3, 0.4) is 0 Å². The number of rotatable bonds is 2. The lowest BCUT2D eigenvalue weighted by atomic mass is 9.82. The third-order valence-corrected chi connectivity index (χ3v) is 10.4. The fourth-order valence-corrected chi connectivity index (χ4v) is 7.97. The van der Waals surface area contributed by atoms with E-state index in [0.29, 0.717) is 45.8 Å². The van der Waals surface area contributed by atoms with Gasteiger partial charge in [-0.05, 0) is 93.0 Å². The summed E-state index contributed by atoms with van der Waals surface area (Å²) in [5.41, 5.74) is -10.5. The van der Waals surface area contributed by atoms with Gasteiger partial charge in [0, 0.05) is 33.0 Å². The minimum atomic E-state index is -5.43. The van der Waals surface area contributed by atoms with E-state index in [4.69, 9.17) is 0 Å². The van der Waals surface area contributed by atoms with Crippen molar-refractivity contribution >= 4 is 78.1 Å². The lowest BCUT2D eigenvalue weighted by Crippen LogP contribution is -2.41. The Morgan fingerprint density at radius 2 is 0.603 bits per heavy atom. The number of benzene rings is 7. The van der Waals surface area contributed by atoms with Crippen molar-refractivity contribution in [3.05, 3.63) is 129 Å². The minimum Gasteiger partial charge on any atom is -0.268 e. The third-order valence-electron chi connectivity index (χ3n) is 10.4. The van der Waals surface area contributed by atoms with Crippen molar-refractivity contribution in [1.29, 1.82) is 0 Å². The molecule has 0 N–H and O–H groups in total. The first-order valence-electron chi connectivity index (χ1n) is 16.5. The number of nitrogens with zero attached hydrogens (tertiary/aromatic N) is 2. The molecule has 2 aliphatic rings. The number of alkyl halides is 12. The van der Waals surface area contributed by atoms with Crippen LogP contribution < -0.4 is 9.80 Å². The van der Waals surface area contributed by atoms with Crippen LogP contribution in [0.4, 0.5) is 64.1 Å². The maximum atomic E-state index is 14.2. The average molecular weight is 815 g/mol. The van der Waals surface area contributed by atoms with Gasteiger partial charge >= 0.3 is 24.7 Å². The number of imide groups is 2. The summed E-state index contributed by atoms with van der Waals surface area (Å²) in [6, 6.07) is 11.2. The first kappa shape index (κ1) is 36.9. The molecule has 7 aromatic carbocycles. The summed E-state index contributed by atoms with van der Waals surface area (Å²) in [5, 5.41) is 1.66. The van der Waals surface area contributed by atoms with Gasteiger partial charge in [0.25, 0.3) is 23.6 Å². The van der Waals surface area contributed by atoms with Crippen LogP contribution in [0.25, 0.3) is 43.1 Å². The zero-order valence-corrected chi connectivity index (χ0v) is 28.1. The molecule has 0 aliphatic carbocycles. The van der Waals surface area contributed by atoms with Gasteiger partial charge in [0.05, 0.1) is 33.6 Å². The summed E-state index contributed by atoms with van der Waals surface area (Å²) in [6.07, 6.45) is -21.2. The molecule has 7 aromatic rings. The zero-order chi connectivity index (χ0) is 41.8. The summed E-state index contributed by atoms with van der Waals surface area (Å²) in [6.45, 7) is 0. The SMILES string of the molecule is O=C1c2ccc3c4ccc5c6c(ccc(c7ccc(c2c37)C(=O)N1c1ccc(C(F)(F)F)cc1C(F)(F)F)c64)C(=O)N(c1ccc(C(F)(F)F)cc1C(F)(F)F)C5=O. The van der Waals surface area contributed by atoms with Crippen molar-refractivity contribution in [1.82, 2.24) is 0 Å². The van der Waals surface area contributed by atoms with Gasteiger partial charge in [-0.15, -0.1) is 0 Å². The molecule has 0 fully saturated rings. The van der Waals surface area contributed by atoms with Crippen molar-refractivity contribution in [2.24, 2.45) is 0 Å². The molecule has 0 atom stereocenters. The maximum absolute atomic E-state index is 14.2. The molecule has 0 unspecified atom stereocenters. The topological polar surface area (TPSA) is 74.8 Å². The molecule has 0 aromatic heterocycles. The fourth-order valence-electron chi connectivity index (χ4n) is 7.97. The van der Waals surface area contributed by atoms with Gasteiger partial charge in [0.2, 0.25) is 0 Å². The highest BCUT2D eigenvalue weighted by Crippen LogP contribution is 2.49. The molecule has 0 bridgehead atoms. The molecule has 0 spiro atoms. The van der Waals surface area contributed by atoms with E-state index in [1.165, 1.54) is 48.5 Å². The molecule has 9 rings (SSSR count). The number of hydrogen-bond donors (Lipinski definition) is 0. The molecular weight excluding hydrogens is 800 g/mol. The predicted molar refractivity (Wildman–Crippen MR) is 183 cm³/mol. The van der Waals surface area contributed by atoms with Gasteiger partial charge in [-0.3, -0.25) is 19.2 Å². The molecule has 6 nitrogen and oxygen atoms in total. The largest absolute Gasteiger partial charge is 0.418 e. The first-order chi connectivity index (χ1) is 27.0. The molecule has 58 heavy (non-hydrogen) atoms. The molecule has 292 valence electrons. The molecule has 0 radical (unpaired) electrons. The second-order valence-corrected chi connectivity index (χ2v) is 13.5. The number of carbonyl (C=O) groups is 4. The Morgan fingerprint density at radius 1 is 0.328 bits per heavy atom. The van der Waals surface area contributed by atoms with E-state index in [-0.39, 0.29) is 65.7 Å². The summed E-state index contributed by atoms with van der Waals surface area (Å²) in [7, 11) is 0. The maximum Gasteiger partial charge on any atom is 0.418 e. The zero-order valence-electron chi connectivity index (χ0n) is 28.1. The van der Waals surface area contributed by atoms with Crippen LogP contribution in [-0.2, 0) is 24.7 Å². The van der Waals surface area contributed by atoms with E-state index in [0.717, 1.165) is 0 Å². The Hall–Kier alpha value is -6.72. The van der Waals surface area contributed by atoms with Crippen LogP contribution in [0.2, 0.25) is 0 Å². The molecule has 2 heterocycles. The summed E-state index contributed by atoms with van der Waals surface area (Å²) in [5.74, 6) is -5.11. The Bertz CT molecular complexity index is 2730. The van der Waals surface area contributed by atoms with Gasteiger partial charge in [-0.1, -0.05) is 24.3 Å². The molecule has 0 saturated heterocycles. The van der Waals surface area contributed by atoms with Gasteiger partial charge < -0.3 is 0 Å². The Kier molecular flexibility index (Phi) is 7.28. The molecule has 2 aliphatic heterocycles. The summed E-state index contributed by atoms with van der Waals surface area (Å²) < 4.78 is 165. The van der Waals surface area contributed by atoms with E-state index in [1.54, 1.807) is 0 Å². The Labute approximate surface area is 313 Å². The Morgan fingerprint density at radius 3 is 0.845 bits per heavy atom. The van der Waals surface area contributed by atoms with Crippen LogP contribution in [0.1, 0.15) is 63.7 Å². The number of carbonyl (C=O) groups excluding carboxylic acids is 4. The van der Waals surface area contributed by atoms with Crippen molar-refractivity contribution in [3.8, 4) is 0 Å². The van der Waals surface area contributed by atoms with E-state index in [1.807, 2.05) is 0 Å². The number of amides is 4. The normalized spacial score (nSPS) is 15.3. The lowest BCUT2D eigenvalue weighted by molar-refractivity contribution is -0.144. The minimum absolute atomic E-state index is 0.0129. The lowest BCUT2D eigenvalue weighted by Gasteiger charge is -2.31. The number of halogens is 12. The van der Waals surface area contributed by atoms with Crippen molar-refractivity contribution in [2.75, 3.05) is 9.80 Å². The van der Waals surface area contributed by atoms with Crippen molar-refractivity contribution in [2.45, 2.75) is 24.7 Å². The van der Waals surface area contributed by atoms with Crippen LogP contribution in [-0.4, -0.2) is 23.6 Å². The Balaban J connectivity index is 1.23. The summed E-state index contributed by atoms with van der Waals surface area (Å²) >= 11 is 0. The summed E-state index contributed by atoms with van der Waals surface area (Å²) in [4.78, 5) is 56.1. The highest BCUT2D eigenvalue weighted by atomic mass is 19.4. The third kappa shape index (κ3) is 5.02. The van der Waals surface area contributed by atoms with E-state index in [2.05, 4.69) is 0 Å². The van der Waals surface area contributed by atoms with E-state index < -0.39 is 82.0 Å². The number of fused-ring (bicyclic) bond motifs is 2. The smallest absolute Gasteiger partial charge is 0.268 e. The van der Waals surface area contributed by atoms with Crippen molar-refractivity contribution < 1.29 is 71.9 Å². The molecular formula is C40H14F12N2O4. The van der Waals surface area contributed by atoms with Crippen LogP contribution in [0.5, 0.6) is 0 Å². The van der Waals surface area contributed by atoms with Crippen LogP contribution in [0, 0.1) is 0 Å².